The van der Waals surface area contributed by atoms with Crippen molar-refractivity contribution in [3.63, 3.8) is 0 Å². The quantitative estimate of drug-likeness (QED) is 0.780. The van der Waals surface area contributed by atoms with Crippen LogP contribution >= 0.6 is 0 Å². The number of hydrogen-bond donors (Lipinski definition) is 0. The molecule has 0 bridgehead atoms. The van der Waals surface area contributed by atoms with E-state index in [-0.39, 0.29) is 18.9 Å². The predicted octanol–water partition coefficient (Wildman–Crippen LogP) is 1.90. The first kappa shape index (κ1) is 13.0. The molecule has 1 aromatic carbocycles. The smallest absolute Gasteiger partial charge is 0.282 e. The van der Waals surface area contributed by atoms with Crippen LogP contribution in [0.15, 0.2) is 24.3 Å². The molecule has 6 heteroatoms. The summed E-state index contributed by atoms with van der Waals surface area (Å²) in [4.78, 5) is 26.5. The number of rotatable bonds is 3. The molecule has 1 aromatic rings. The van der Waals surface area contributed by atoms with Crippen LogP contribution in [0, 0.1) is 17.1 Å². The van der Waals surface area contributed by atoms with E-state index in [1.165, 1.54) is 29.2 Å². The summed E-state index contributed by atoms with van der Waals surface area (Å²) in [6, 6.07) is 6.15. The first-order chi connectivity index (χ1) is 9.06. The highest BCUT2D eigenvalue weighted by molar-refractivity contribution is 6.14. The molecular formula is C13H12FN3O2. The summed E-state index contributed by atoms with van der Waals surface area (Å²) in [5.74, 6) is -0.750. The zero-order valence-corrected chi connectivity index (χ0v) is 10.3. The molecule has 0 unspecified atom stereocenters. The number of anilines is 1. The largest absolute Gasteiger partial charge is 0.332 e. The highest BCUT2D eigenvalue weighted by Crippen LogP contribution is 2.25. The lowest BCUT2D eigenvalue weighted by Gasteiger charge is -2.19. The maximum atomic E-state index is 12.9. The number of nitrogens with zero attached hydrogens (tertiary/aromatic N) is 3. The van der Waals surface area contributed by atoms with E-state index in [9.17, 15) is 14.0 Å². The third kappa shape index (κ3) is 2.27. The molecule has 5 nitrogen and oxygen atoms in total. The molecule has 0 aliphatic carbocycles. The Bertz CT molecular complexity index is 550. The molecule has 98 valence electrons. The van der Waals surface area contributed by atoms with Crippen LogP contribution in [-0.4, -0.2) is 29.4 Å². The van der Waals surface area contributed by atoms with Gasteiger partial charge in [-0.15, -0.1) is 0 Å². The van der Waals surface area contributed by atoms with E-state index in [2.05, 4.69) is 0 Å². The number of amides is 3. The van der Waals surface area contributed by atoms with Crippen LogP contribution in [0.3, 0.4) is 0 Å². The van der Waals surface area contributed by atoms with Crippen molar-refractivity contribution in [1.82, 2.24) is 4.90 Å². The minimum Gasteiger partial charge on any atom is -0.282 e. The number of urea groups is 1. The molecule has 1 aliphatic rings. The lowest BCUT2D eigenvalue weighted by molar-refractivity contribution is -0.126. The fourth-order valence-corrected chi connectivity index (χ4v) is 2.03. The number of hydrogen-bond acceptors (Lipinski definition) is 3. The van der Waals surface area contributed by atoms with Crippen LogP contribution < -0.4 is 4.90 Å². The van der Waals surface area contributed by atoms with E-state index in [0.717, 1.165) is 4.90 Å². The normalized spacial score (nSPS) is 18.9. The maximum Gasteiger partial charge on any atom is 0.332 e. The van der Waals surface area contributed by atoms with E-state index < -0.39 is 17.9 Å². The minimum atomic E-state index is -0.642. The first-order valence-corrected chi connectivity index (χ1v) is 5.83. The topological polar surface area (TPSA) is 64.4 Å². The van der Waals surface area contributed by atoms with Crippen molar-refractivity contribution in [2.24, 2.45) is 0 Å². The molecule has 1 aliphatic heterocycles. The number of carbonyl (C=O) groups is 2. The molecule has 1 saturated heterocycles. The second-order valence-electron chi connectivity index (χ2n) is 4.20. The Hall–Kier alpha value is -2.42. The monoisotopic (exact) mass is 261 g/mol. The van der Waals surface area contributed by atoms with Crippen molar-refractivity contribution in [1.29, 1.82) is 5.26 Å². The zero-order valence-electron chi connectivity index (χ0n) is 10.3. The van der Waals surface area contributed by atoms with Gasteiger partial charge in [0.15, 0.2) is 0 Å². The molecule has 0 radical (unpaired) electrons. The Labute approximate surface area is 109 Å². The standard InChI is InChI=1S/C13H12FN3O2/c1-9-12(18)16(8-2-7-15)13(19)17(9)11-5-3-10(14)4-6-11/h3-6,9H,2,8H2,1H3/t9-/m1/s1. The van der Waals surface area contributed by atoms with Gasteiger partial charge in [-0.1, -0.05) is 0 Å². The molecule has 0 saturated carbocycles. The lowest BCUT2D eigenvalue weighted by Crippen LogP contribution is -2.34. The predicted molar refractivity (Wildman–Crippen MR) is 65.7 cm³/mol. The summed E-state index contributed by atoms with van der Waals surface area (Å²) in [5.41, 5.74) is 0.465. The lowest BCUT2D eigenvalue weighted by atomic mass is 10.2. The van der Waals surface area contributed by atoms with Crippen LogP contribution in [-0.2, 0) is 4.79 Å². The Morgan fingerprint density at radius 2 is 1.95 bits per heavy atom. The van der Waals surface area contributed by atoms with Crippen molar-refractivity contribution in [2.45, 2.75) is 19.4 Å². The van der Waals surface area contributed by atoms with E-state index in [1.807, 2.05) is 6.07 Å². The fraction of sp³-hybridized carbons (Fsp3) is 0.308. The fourth-order valence-electron chi connectivity index (χ4n) is 2.03. The highest BCUT2D eigenvalue weighted by atomic mass is 19.1. The summed E-state index contributed by atoms with van der Waals surface area (Å²) in [7, 11) is 0. The van der Waals surface area contributed by atoms with Crippen LogP contribution in [0.25, 0.3) is 0 Å². The van der Waals surface area contributed by atoms with Gasteiger partial charge in [0.25, 0.3) is 5.91 Å². The molecular weight excluding hydrogens is 249 g/mol. The molecule has 1 atom stereocenters. The number of nitriles is 1. The second kappa shape index (κ2) is 5.06. The average Bonchev–Trinajstić information content (AvgIpc) is 2.60. The molecule has 0 N–H and O–H groups in total. The van der Waals surface area contributed by atoms with Crippen molar-refractivity contribution in [3.8, 4) is 6.07 Å². The van der Waals surface area contributed by atoms with Crippen molar-refractivity contribution in [3.05, 3.63) is 30.1 Å². The van der Waals surface area contributed by atoms with Crippen molar-refractivity contribution >= 4 is 17.6 Å². The molecule has 1 fully saturated rings. The van der Waals surface area contributed by atoms with Gasteiger partial charge in [-0.2, -0.15) is 5.26 Å². The van der Waals surface area contributed by atoms with Gasteiger partial charge < -0.3 is 0 Å². The van der Waals surface area contributed by atoms with Crippen molar-refractivity contribution < 1.29 is 14.0 Å². The molecule has 1 heterocycles. The molecule has 3 amide bonds. The van der Waals surface area contributed by atoms with Gasteiger partial charge in [-0.25, -0.2) is 9.18 Å². The molecule has 2 rings (SSSR count). The Morgan fingerprint density at radius 3 is 2.53 bits per heavy atom. The summed E-state index contributed by atoms with van der Waals surface area (Å²) in [6.07, 6.45) is 0.0987. The highest BCUT2D eigenvalue weighted by Gasteiger charge is 2.42. The van der Waals surface area contributed by atoms with Crippen LogP contribution in [0.2, 0.25) is 0 Å². The van der Waals surface area contributed by atoms with E-state index >= 15 is 0 Å². The summed E-state index contributed by atoms with van der Waals surface area (Å²) in [5, 5.41) is 8.52. The summed E-state index contributed by atoms with van der Waals surface area (Å²) in [6.45, 7) is 1.69. The van der Waals surface area contributed by atoms with Gasteiger partial charge in [0.05, 0.1) is 12.5 Å². The summed E-state index contributed by atoms with van der Waals surface area (Å²) < 4.78 is 12.9. The minimum absolute atomic E-state index is 0.0796. The zero-order chi connectivity index (χ0) is 14.0. The average molecular weight is 261 g/mol. The number of benzene rings is 1. The Kier molecular flexibility index (Phi) is 3.47. The van der Waals surface area contributed by atoms with E-state index in [1.54, 1.807) is 6.92 Å². The number of carbonyl (C=O) groups excluding carboxylic acids is 2. The maximum absolute atomic E-state index is 12.9. The third-order valence-corrected chi connectivity index (χ3v) is 3.00. The Balaban J connectivity index is 2.27. The van der Waals surface area contributed by atoms with E-state index in [4.69, 9.17) is 5.26 Å². The van der Waals surface area contributed by atoms with Gasteiger partial charge in [0.1, 0.15) is 11.9 Å². The SMILES string of the molecule is C[C@@H]1C(=O)N(CCC#N)C(=O)N1c1ccc(F)cc1. The summed E-state index contributed by atoms with van der Waals surface area (Å²) >= 11 is 0. The molecule has 0 spiro atoms. The van der Waals surface area contributed by atoms with Crippen LogP contribution in [0.1, 0.15) is 13.3 Å². The van der Waals surface area contributed by atoms with Crippen LogP contribution in [0.5, 0.6) is 0 Å². The van der Waals surface area contributed by atoms with Crippen molar-refractivity contribution in [2.75, 3.05) is 11.4 Å². The first-order valence-electron chi connectivity index (χ1n) is 5.83. The number of halogens is 1. The van der Waals surface area contributed by atoms with Gasteiger partial charge in [0, 0.05) is 12.2 Å². The Morgan fingerprint density at radius 1 is 1.32 bits per heavy atom. The van der Waals surface area contributed by atoms with Gasteiger partial charge in [-0.3, -0.25) is 14.6 Å². The molecule has 0 aromatic heterocycles. The second-order valence-corrected chi connectivity index (χ2v) is 4.20. The van der Waals surface area contributed by atoms with Crippen LogP contribution in [0.4, 0.5) is 14.9 Å². The van der Waals surface area contributed by atoms with E-state index in [0.29, 0.717) is 5.69 Å². The third-order valence-electron chi connectivity index (χ3n) is 3.00. The van der Waals surface area contributed by atoms with Gasteiger partial charge in [-0.05, 0) is 31.2 Å². The number of imide groups is 1. The van der Waals surface area contributed by atoms with Gasteiger partial charge >= 0.3 is 6.03 Å². The molecule has 19 heavy (non-hydrogen) atoms. The van der Waals surface area contributed by atoms with Gasteiger partial charge in [0.2, 0.25) is 0 Å².